The summed E-state index contributed by atoms with van der Waals surface area (Å²) in [6.45, 7) is 6.41. The Morgan fingerprint density at radius 1 is 1.23 bits per heavy atom. The normalized spacial score (nSPS) is 16.2. The van der Waals surface area contributed by atoms with Gasteiger partial charge in [-0.2, -0.15) is 0 Å². The average Bonchev–Trinajstić information content (AvgIpc) is 2.54. The fourth-order valence-corrected chi connectivity index (χ4v) is 3.20. The van der Waals surface area contributed by atoms with Gasteiger partial charge in [0.2, 0.25) is 0 Å². The van der Waals surface area contributed by atoms with Gasteiger partial charge in [0, 0.05) is 10.4 Å². The summed E-state index contributed by atoms with van der Waals surface area (Å²) in [4.78, 5) is 9.22. The molecule has 0 saturated heterocycles. The fraction of sp³-hybridized carbons (Fsp3) is 0.474. The van der Waals surface area contributed by atoms with Gasteiger partial charge in [0.05, 0.1) is 6.54 Å². The Kier molecular flexibility index (Phi) is 4.86. The van der Waals surface area contributed by atoms with Crippen molar-refractivity contribution >= 4 is 23.1 Å². The minimum absolute atomic E-state index is 0.303. The highest BCUT2D eigenvalue weighted by Crippen LogP contribution is 2.44. The number of hydrazine groups is 1. The van der Waals surface area contributed by atoms with Crippen LogP contribution in [0.3, 0.4) is 0 Å². The van der Waals surface area contributed by atoms with E-state index in [1.54, 1.807) is 0 Å². The van der Waals surface area contributed by atoms with Gasteiger partial charge in [-0.25, -0.2) is 15.8 Å². The van der Waals surface area contributed by atoms with Gasteiger partial charge in [-0.1, -0.05) is 50.6 Å². The van der Waals surface area contributed by atoms with Crippen molar-refractivity contribution in [1.29, 1.82) is 0 Å². The van der Waals surface area contributed by atoms with E-state index in [1.807, 2.05) is 45.0 Å². The number of hydrogen-bond donors (Lipinski definition) is 3. The number of benzene rings is 1. The molecule has 5 N–H and O–H groups in total. The van der Waals surface area contributed by atoms with Crippen molar-refractivity contribution in [2.75, 3.05) is 10.7 Å². The van der Waals surface area contributed by atoms with Gasteiger partial charge in [-0.3, -0.25) is 5.01 Å². The monoisotopic (exact) mass is 375 g/mol. The molecule has 1 heterocycles. The van der Waals surface area contributed by atoms with Crippen molar-refractivity contribution in [2.24, 2.45) is 5.84 Å². The number of rotatable bonds is 4. The zero-order valence-corrected chi connectivity index (χ0v) is 16.2. The molecule has 6 nitrogen and oxygen atoms in total. The van der Waals surface area contributed by atoms with Crippen LogP contribution < -0.4 is 16.6 Å². The van der Waals surface area contributed by atoms with Gasteiger partial charge in [0.1, 0.15) is 22.8 Å². The molecule has 0 unspecified atom stereocenters. The minimum Gasteiger partial charge on any atom is -0.394 e. The predicted octanol–water partition coefficient (Wildman–Crippen LogP) is 3.26. The van der Waals surface area contributed by atoms with Crippen molar-refractivity contribution in [1.82, 2.24) is 9.97 Å². The zero-order valence-electron chi connectivity index (χ0n) is 15.5. The molecule has 0 bridgehead atoms. The number of halogens is 1. The Morgan fingerprint density at radius 2 is 1.88 bits per heavy atom. The number of anilines is 2. The Bertz CT molecular complexity index is 814. The van der Waals surface area contributed by atoms with E-state index in [0.717, 1.165) is 12.0 Å². The van der Waals surface area contributed by atoms with Crippen LogP contribution in [0.4, 0.5) is 11.5 Å². The lowest BCUT2D eigenvalue weighted by Crippen LogP contribution is -2.39. The molecule has 1 fully saturated rings. The van der Waals surface area contributed by atoms with E-state index in [9.17, 15) is 5.11 Å². The van der Waals surface area contributed by atoms with Gasteiger partial charge >= 0.3 is 0 Å². The highest BCUT2D eigenvalue weighted by atomic mass is 35.5. The van der Waals surface area contributed by atoms with E-state index in [-0.39, 0.29) is 5.41 Å². The topological polar surface area (TPSA) is 101 Å². The first-order valence-electron chi connectivity index (χ1n) is 8.78. The van der Waals surface area contributed by atoms with Crippen molar-refractivity contribution in [3.63, 3.8) is 0 Å². The summed E-state index contributed by atoms with van der Waals surface area (Å²) in [6, 6.07) is 7.50. The number of nitrogens with two attached hydrogens (primary N) is 2. The lowest BCUT2D eigenvalue weighted by atomic mass is 9.77. The Hall–Kier alpha value is -1.89. The third-order valence-electron chi connectivity index (χ3n) is 4.79. The van der Waals surface area contributed by atoms with Crippen molar-refractivity contribution < 1.29 is 5.11 Å². The summed E-state index contributed by atoms with van der Waals surface area (Å²) in [5.41, 5.74) is 6.73. The number of nitrogens with zero attached hydrogens (tertiary/aromatic N) is 3. The quantitative estimate of drug-likeness (QED) is 0.560. The highest BCUT2D eigenvalue weighted by molar-refractivity contribution is 6.31. The van der Waals surface area contributed by atoms with Crippen LogP contribution in [-0.2, 0) is 17.6 Å². The van der Waals surface area contributed by atoms with Gasteiger partial charge in [0.15, 0.2) is 5.82 Å². The molecule has 1 aliphatic rings. The van der Waals surface area contributed by atoms with Gasteiger partial charge in [-0.15, -0.1) is 0 Å². The van der Waals surface area contributed by atoms with Crippen LogP contribution in [0.1, 0.15) is 57.1 Å². The van der Waals surface area contributed by atoms with Crippen LogP contribution in [0.25, 0.3) is 0 Å². The van der Waals surface area contributed by atoms with Crippen LogP contribution in [0, 0.1) is 0 Å². The Morgan fingerprint density at radius 3 is 2.42 bits per heavy atom. The first-order chi connectivity index (χ1) is 12.1. The molecule has 140 valence electrons. The molecule has 1 aliphatic carbocycles. The van der Waals surface area contributed by atoms with E-state index < -0.39 is 5.60 Å². The van der Waals surface area contributed by atoms with E-state index >= 15 is 0 Å². The van der Waals surface area contributed by atoms with Crippen LogP contribution >= 0.6 is 11.6 Å². The standard InChI is InChI=1S/C19H26ClN5O/c1-18(2,3)17-23-15(19(26)9-6-10-19)14(21)16(24-17)25(22)11-12-7-4-5-8-13(12)20/h4-5,7-8,26H,6,9-11,21-22H2,1-3H3. The molecule has 0 spiro atoms. The lowest BCUT2D eigenvalue weighted by Gasteiger charge is -2.38. The molecule has 2 aromatic rings. The smallest absolute Gasteiger partial charge is 0.170 e. The predicted molar refractivity (Wildman–Crippen MR) is 105 cm³/mol. The average molecular weight is 376 g/mol. The third kappa shape index (κ3) is 3.49. The molecule has 0 amide bonds. The first kappa shape index (κ1) is 18.9. The molecular weight excluding hydrogens is 350 g/mol. The zero-order chi connectivity index (χ0) is 19.1. The van der Waals surface area contributed by atoms with E-state index in [2.05, 4.69) is 9.97 Å². The summed E-state index contributed by atoms with van der Waals surface area (Å²) in [5, 5.41) is 12.9. The molecule has 0 atom stereocenters. The molecule has 7 heteroatoms. The molecule has 0 aliphatic heterocycles. The second-order valence-corrected chi connectivity index (χ2v) is 8.39. The summed E-state index contributed by atoms with van der Waals surface area (Å²) in [7, 11) is 0. The maximum absolute atomic E-state index is 10.8. The third-order valence-corrected chi connectivity index (χ3v) is 5.16. The molecule has 0 radical (unpaired) electrons. The summed E-state index contributed by atoms with van der Waals surface area (Å²) < 4.78 is 0. The lowest BCUT2D eigenvalue weighted by molar-refractivity contribution is -0.0422. The second kappa shape index (κ2) is 6.68. The SMILES string of the molecule is CC(C)(C)c1nc(N(N)Cc2ccccc2Cl)c(N)c(C2(O)CCC2)n1. The molecule has 3 rings (SSSR count). The number of aromatic nitrogens is 2. The molecule has 1 saturated carbocycles. The van der Waals surface area contributed by atoms with Crippen molar-refractivity contribution in [2.45, 2.75) is 57.6 Å². The van der Waals surface area contributed by atoms with Crippen LogP contribution in [0.5, 0.6) is 0 Å². The molecule has 1 aromatic carbocycles. The van der Waals surface area contributed by atoms with Crippen molar-refractivity contribution in [3.8, 4) is 0 Å². The maximum atomic E-state index is 10.8. The summed E-state index contributed by atoms with van der Waals surface area (Å²) in [6.07, 6.45) is 2.24. The Balaban J connectivity index is 2.05. The second-order valence-electron chi connectivity index (χ2n) is 7.99. The van der Waals surface area contributed by atoms with Crippen LogP contribution in [0.2, 0.25) is 5.02 Å². The van der Waals surface area contributed by atoms with Crippen LogP contribution in [-0.4, -0.2) is 15.1 Å². The largest absolute Gasteiger partial charge is 0.394 e. The molecular formula is C19H26ClN5O. The molecule has 1 aromatic heterocycles. The van der Waals surface area contributed by atoms with Gasteiger partial charge in [-0.05, 0) is 30.9 Å². The Labute approximate surface area is 159 Å². The van der Waals surface area contributed by atoms with Crippen LogP contribution in [0.15, 0.2) is 24.3 Å². The van der Waals surface area contributed by atoms with Crippen molar-refractivity contribution in [3.05, 3.63) is 46.4 Å². The van der Waals surface area contributed by atoms with E-state index in [0.29, 0.717) is 47.4 Å². The summed E-state index contributed by atoms with van der Waals surface area (Å²) in [5.74, 6) is 7.32. The minimum atomic E-state index is -0.993. The number of aliphatic hydroxyl groups is 1. The van der Waals surface area contributed by atoms with E-state index in [4.69, 9.17) is 23.2 Å². The van der Waals surface area contributed by atoms with Gasteiger partial charge in [0.25, 0.3) is 0 Å². The number of nitrogen functional groups attached to an aromatic ring is 1. The highest BCUT2D eigenvalue weighted by Gasteiger charge is 2.41. The van der Waals surface area contributed by atoms with E-state index in [1.165, 1.54) is 5.01 Å². The van der Waals surface area contributed by atoms with Gasteiger partial charge < -0.3 is 10.8 Å². The maximum Gasteiger partial charge on any atom is 0.170 e. The summed E-state index contributed by atoms with van der Waals surface area (Å²) >= 11 is 6.25. The fourth-order valence-electron chi connectivity index (χ4n) is 3.00. The number of hydrogen-bond acceptors (Lipinski definition) is 6. The molecule has 26 heavy (non-hydrogen) atoms. The first-order valence-corrected chi connectivity index (χ1v) is 9.16.